The van der Waals surface area contributed by atoms with E-state index in [1.807, 2.05) is 13.8 Å². The Hall–Kier alpha value is -5.72. The first-order valence-corrected chi connectivity index (χ1v) is 27.0. The van der Waals surface area contributed by atoms with E-state index in [9.17, 15) is 38.9 Å². The van der Waals surface area contributed by atoms with Crippen LogP contribution in [0.4, 0.5) is 11.4 Å². The number of anilines is 2. The van der Waals surface area contributed by atoms with Crippen LogP contribution in [0.2, 0.25) is 0 Å². The van der Waals surface area contributed by atoms with Gasteiger partial charge in [0.1, 0.15) is 23.0 Å². The molecular weight excluding hydrogens is 927 g/mol. The average Bonchev–Trinajstić information content (AvgIpc) is 3.28. The maximum Gasteiger partial charge on any atom is 0.353 e. The fourth-order valence-electron chi connectivity index (χ4n) is 8.78. The number of nitrogens with zero attached hydrogens (tertiary/aromatic N) is 2. The van der Waals surface area contributed by atoms with E-state index in [0.717, 1.165) is 33.4 Å². The Kier molecular flexibility index (Phi) is 15.6. The minimum Gasteiger partial charge on any atom is -0.507 e. The van der Waals surface area contributed by atoms with Crippen molar-refractivity contribution in [2.45, 2.75) is 116 Å². The van der Waals surface area contributed by atoms with Crippen LogP contribution in [0.5, 0.6) is 23.0 Å². The second-order valence-corrected chi connectivity index (χ2v) is 23.6. The molecule has 372 valence electrons. The van der Waals surface area contributed by atoms with Crippen LogP contribution >= 0.6 is 15.2 Å². The maximum atomic E-state index is 13.2. The molecule has 0 fully saturated rings. The summed E-state index contributed by atoms with van der Waals surface area (Å²) < 4.78 is 39.7. The quantitative estimate of drug-likeness (QED) is 0.0375. The summed E-state index contributed by atoms with van der Waals surface area (Å²) in [6.45, 7) is 17.2. The molecule has 7 rings (SSSR count). The van der Waals surface area contributed by atoms with E-state index in [2.05, 4.69) is 86.4 Å². The number of phenols is 2. The number of ether oxygens (including phenoxy) is 2. The van der Waals surface area contributed by atoms with Gasteiger partial charge in [-0.2, -0.15) is 0 Å². The summed E-state index contributed by atoms with van der Waals surface area (Å²) in [5.74, 6) is -1.92. The molecule has 8 N–H and O–H groups in total. The summed E-state index contributed by atoms with van der Waals surface area (Å²) in [7, 11) is -9.71. The predicted molar refractivity (Wildman–Crippen MR) is 275 cm³/mol. The average molecular weight is 993 g/mol. The molecule has 0 amide bonds. The number of rotatable bonds is 14. The molecular formula is C54H66N4O10P2. The van der Waals surface area contributed by atoms with Crippen molar-refractivity contribution >= 4 is 26.6 Å². The zero-order valence-electron chi connectivity index (χ0n) is 41.2. The van der Waals surface area contributed by atoms with Crippen LogP contribution in [0.3, 0.4) is 0 Å². The maximum absolute atomic E-state index is 13.2. The highest BCUT2D eigenvalue weighted by Crippen LogP contribution is 2.53. The van der Waals surface area contributed by atoms with E-state index in [0.29, 0.717) is 71.2 Å². The molecule has 16 heteroatoms. The van der Waals surface area contributed by atoms with Crippen molar-refractivity contribution in [1.82, 2.24) is 9.97 Å². The van der Waals surface area contributed by atoms with Crippen molar-refractivity contribution in [3.05, 3.63) is 164 Å². The van der Waals surface area contributed by atoms with Gasteiger partial charge < -0.3 is 49.9 Å². The summed E-state index contributed by atoms with van der Waals surface area (Å²) in [5.41, 5.74) is 6.91. The number of aromatic hydroxyl groups is 2. The molecule has 0 aliphatic heterocycles. The monoisotopic (exact) mass is 992 g/mol. The molecule has 8 bridgehead atoms. The second kappa shape index (κ2) is 20.9. The molecule has 0 saturated carbocycles. The van der Waals surface area contributed by atoms with Crippen LogP contribution in [0, 0.1) is 0 Å². The van der Waals surface area contributed by atoms with E-state index >= 15 is 0 Å². The lowest BCUT2D eigenvalue weighted by atomic mass is 9.81. The van der Waals surface area contributed by atoms with Crippen molar-refractivity contribution < 1.29 is 48.4 Å². The van der Waals surface area contributed by atoms with E-state index in [1.165, 1.54) is 12.4 Å². The number of phenolic OH excluding ortho intramolecular Hbond substituents is 2. The third-order valence-electron chi connectivity index (χ3n) is 12.4. The number of fused-ring (bicyclic) bond motifs is 8. The normalized spacial score (nSPS) is 14.1. The van der Waals surface area contributed by atoms with Crippen molar-refractivity contribution in [3.63, 3.8) is 0 Å². The number of hydrogen-bond acceptors (Lipinski definition) is 10. The third-order valence-corrected chi connectivity index (χ3v) is 14.5. The largest absolute Gasteiger partial charge is 0.507 e. The number of aromatic nitrogens is 2. The highest BCUT2D eigenvalue weighted by molar-refractivity contribution is 7.52. The van der Waals surface area contributed by atoms with Gasteiger partial charge in [0.2, 0.25) is 0 Å². The van der Waals surface area contributed by atoms with Crippen LogP contribution in [0.25, 0.3) is 0 Å². The Labute approximate surface area is 410 Å². The molecule has 0 saturated heterocycles. The number of benzene rings is 4. The van der Waals surface area contributed by atoms with Gasteiger partial charge in [-0.1, -0.05) is 91.8 Å². The Morgan fingerprint density at radius 1 is 0.529 bits per heavy atom. The molecule has 2 heterocycles. The molecule has 2 aromatic heterocycles. The lowest BCUT2D eigenvalue weighted by molar-refractivity contribution is 0.311. The van der Waals surface area contributed by atoms with Crippen molar-refractivity contribution in [2.75, 3.05) is 23.8 Å². The lowest BCUT2D eigenvalue weighted by Crippen LogP contribution is -2.16. The van der Waals surface area contributed by atoms with Crippen molar-refractivity contribution in [3.8, 4) is 23.0 Å². The standard InChI is InChI=1S/C54H66N4O10P2/c1-9-19-67-49-37-21-33-29-43(57-51(69(61,62)63)45-15-11-13-17-55-45)31-35(47(33)59)23-39-27-42(54(6,7)8)28-40(50(39)68-20-10-2)24-36-32-44(58-52(70(64,65)66)46-16-12-14-18-56-46)30-34(48(36)60)22-38(49)26-41(25-37)53(3,4)5/h11-18,25-32,51-52,57-60H,9-10,19-24H2,1-8H3,(H2,61,62,63)(H2,64,65,66)/t51-,52-/m1/s1. The molecule has 0 unspecified atom stereocenters. The zero-order chi connectivity index (χ0) is 50.8. The van der Waals surface area contributed by atoms with E-state index < -0.39 is 26.8 Å². The summed E-state index contributed by atoms with van der Waals surface area (Å²) >= 11 is 0. The molecule has 1 aliphatic rings. The van der Waals surface area contributed by atoms with Gasteiger partial charge >= 0.3 is 15.2 Å². The highest BCUT2D eigenvalue weighted by Gasteiger charge is 2.34. The van der Waals surface area contributed by atoms with Crippen molar-refractivity contribution in [2.24, 2.45) is 0 Å². The van der Waals surface area contributed by atoms with Crippen LogP contribution in [-0.4, -0.2) is 53.0 Å². The first-order valence-electron chi connectivity index (χ1n) is 23.7. The van der Waals surface area contributed by atoms with Crippen LogP contribution < -0.4 is 20.1 Å². The van der Waals surface area contributed by atoms with Crippen molar-refractivity contribution in [1.29, 1.82) is 0 Å². The van der Waals surface area contributed by atoms with Gasteiger partial charge in [-0.3, -0.25) is 19.1 Å². The lowest BCUT2D eigenvalue weighted by Gasteiger charge is -2.27. The Morgan fingerprint density at radius 3 is 1.09 bits per heavy atom. The SMILES string of the molecule is CCCOc1c2cc(C(C)(C)C)cc1Cc1cc(N[C@@H](c3ccccn3)P(=O)(O)O)cc(c1O)Cc1cc(C(C)(C)C)cc(c1OCCC)Cc1cc(N[C@@H](c3ccccn3)P(=O)(O)O)cc(c1O)C2. The van der Waals surface area contributed by atoms with Crippen LogP contribution in [-0.2, 0) is 45.6 Å². The summed E-state index contributed by atoms with van der Waals surface area (Å²) in [6.07, 6.45) is 4.84. The zero-order valence-corrected chi connectivity index (χ0v) is 42.9. The van der Waals surface area contributed by atoms with E-state index in [-0.39, 0.29) is 59.4 Å². The van der Waals surface area contributed by atoms with Gasteiger partial charge in [-0.25, -0.2) is 0 Å². The Balaban J connectivity index is 1.55. The fourth-order valence-corrected chi connectivity index (χ4v) is 10.4. The van der Waals surface area contributed by atoms with E-state index in [1.54, 1.807) is 60.7 Å². The first kappa shape index (κ1) is 52.1. The highest BCUT2D eigenvalue weighted by atomic mass is 31.2. The predicted octanol–water partition coefficient (Wildman–Crippen LogP) is 11.3. The van der Waals surface area contributed by atoms with Crippen LogP contribution in [0.1, 0.15) is 147 Å². The number of pyridine rings is 2. The van der Waals surface area contributed by atoms with Gasteiger partial charge in [-0.05, 0) is 106 Å². The van der Waals surface area contributed by atoms with Crippen LogP contribution in [0.15, 0.2) is 97.3 Å². The van der Waals surface area contributed by atoms with E-state index in [4.69, 9.17) is 9.47 Å². The van der Waals surface area contributed by atoms with Gasteiger partial charge in [0, 0.05) is 71.7 Å². The molecule has 14 nitrogen and oxygen atoms in total. The Bertz CT molecular complexity index is 2630. The first-order chi connectivity index (χ1) is 32.9. The van der Waals surface area contributed by atoms with Gasteiger partial charge in [0.05, 0.1) is 24.6 Å². The molecule has 1 aliphatic carbocycles. The van der Waals surface area contributed by atoms with Gasteiger partial charge in [0.25, 0.3) is 0 Å². The third kappa shape index (κ3) is 12.2. The molecule has 6 aromatic rings. The second-order valence-electron chi connectivity index (χ2n) is 20.2. The number of hydrogen-bond donors (Lipinski definition) is 8. The summed E-state index contributed by atoms with van der Waals surface area (Å²) in [5, 5.41) is 31.3. The van der Waals surface area contributed by atoms with Gasteiger partial charge in [-0.15, -0.1) is 0 Å². The topological polar surface area (TPSA) is 224 Å². The Morgan fingerprint density at radius 2 is 0.843 bits per heavy atom. The molecule has 0 radical (unpaired) electrons. The number of nitrogens with one attached hydrogen (secondary N) is 2. The minimum absolute atomic E-state index is 0.00242. The molecule has 0 spiro atoms. The minimum atomic E-state index is -4.86. The van der Waals surface area contributed by atoms with Gasteiger partial charge in [0.15, 0.2) is 11.6 Å². The summed E-state index contributed by atoms with van der Waals surface area (Å²) in [6, 6.07) is 24.8. The fraction of sp³-hybridized carbons (Fsp3) is 0.370. The molecule has 2 atom stereocenters. The summed E-state index contributed by atoms with van der Waals surface area (Å²) in [4.78, 5) is 51.6. The molecule has 70 heavy (non-hydrogen) atoms. The smallest absolute Gasteiger partial charge is 0.353 e. The molecule has 4 aromatic carbocycles.